The van der Waals surface area contributed by atoms with Crippen LogP contribution in [0.4, 0.5) is 4.39 Å². The molecule has 138 valence electrons. The molecule has 0 aliphatic heterocycles. The zero-order chi connectivity index (χ0) is 19.7. The zero-order valence-corrected chi connectivity index (χ0v) is 15.8. The first-order valence-electron chi connectivity index (χ1n) is 8.82. The van der Waals surface area contributed by atoms with Gasteiger partial charge in [-0.3, -0.25) is 14.2 Å². The van der Waals surface area contributed by atoms with E-state index in [1.807, 2.05) is 39.0 Å². The van der Waals surface area contributed by atoms with Crippen LogP contribution in [0.25, 0.3) is 22.7 Å². The minimum atomic E-state index is -0.516. The summed E-state index contributed by atoms with van der Waals surface area (Å²) in [6.45, 7) is 7.24. The second-order valence-corrected chi connectivity index (χ2v) is 6.70. The first kappa shape index (κ1) is 18.7. The maximum atomic E-state index is 14.4. The molecule has 0 saturated carbocycles. The highest BCUT2D eigenvalue weighted by Gasteiger charge is 2.14. The van der Waals surface area contributed by atoms with Crippen molar-refractivity contribution in [2.75, 3.05) is 0 Å². The standard InChI is InChI=1S/C22H21FN2O2/c1-5-21-24-20-12-19(23)16(7-6-15(4)26)11-18(20)22(27)25(21)17-9-13(2)8-14(3)10-17/h6-12H,5H2,1-4H3/b7-6+. The lowest BCUT2D eigenvalue weighted by molar-refractivity contribution is -0.112. The van der Waals surface area contributed by atoms with Crippen LogP contribution in [0, 0.1) is 19.7 Å². The second-order valence-electron chi connectivity index (χ2n) is 6.70. The average Bonchev–Trinajstić information content (AvgIpc) is 2.58. The van der Waals surface area contributed by atoms with Gasteiger partial charge < -0.3 is 0 Å². The molecule has 5 heteroatoms. The van der Waals surface area contributed by atoms with Gasteiger partial charge in [0.1, 0.15) is 11.6 Å². The van der Waals surface area contributed by atoms with Gasteiger partial charge in [-0.25, -0.2) is 9.37 Å². The van der Waals surface area contributed by atoms with Gasteiger partial charge in [0.25, 0.3) is 5.56 Å². The van der Waals surface area contributed by atoms with E-state index in [1.54, 1.807) is 4.57 Å². The molecule has 0 aliphatic rings. The van der Waals surface area contributed by atoms with Gasteiger partial charge in [0.2, 0.25) is 0 Å². The second kappa shape index (κ2) is 7.27. The molecule has 3 aromatic rings. The highest BCUT2D eigenvalue weighted by Crippen LogP contribution is 2.20. The smallest absolute Gasteiger partial charge is 0.265 e. The molecule has 4 nitrogen and oxygen atoms in total. The normalized spacial score (nSPS) is 11.4. The molecule has 0 aliphatic carbocycles. The first-order chi connectivity index (χ1) is 12.8. The molecule has 0 saturated heterocycles. The van der Waals surface area contributed by atoms with Gasteiger partial charge in [0.05, 0.1) is 16.6 Å². The molecule has 0 atom stereocenters. The largest absolute Gasteiger partial charge is 0.295 e. The molecule has 0 N–H and O–H groups in total. The molecule has 0 unspecified atom stereocenters. The van der Waals surface area contributed by atoms with Crippen molar-refractivity contribution < 1.29 is 9.18 Å². The van der Waals surface area contributed by atoms with Gasteiger partial charge in [-0.2, -0.15) is 0 Å². The fourth-order valence-corrected chi connectivity index (χ4v) is 3.19. The summed E-state index contributed by atoms with van der Waals surface area (Å²) in [4.78, 5) is 28.9. The predicted molar refractivity (Wildman–Crippen MR) is 106 cm³/mol. The summed E-state index contributed by atoms with van der Waals surface area (Å²) < 4.78 is 15.9. The Balaban J connectivity index is 2.34. The number of nitrogens with zero attached hydrogens (tertiary/aromatic N) is 2. The molecule has 0 fully saturated rings. The van der Waals surface area contributed by atoms with Gasteiger partial charge in [0, 0.05) is 18.1 Å². The summed E-state index contributed by atoms with van der Waals surface area (Å²) >= 11 is 0. The highest BCUT2D eigenvalue weighted by molar-refractivity contribution is 5.92. The van der Waals surface area contributed by atoms with E-state index in [0.29, 0.717) is 23.1 Å². The van der Waals surface area contributed by atoms with E-state index < -0.39 is 5.82 Å². The van der Waals surface area contributed by atoms with Gasteiger partial charge in [-0.15, -0.1) is 0 Å². The minimum Gasteiger partial charge on any atom is -0.295 e. The third-order valence-corrected chi connectivity index (χ3v) is 4.33. The predicted octanol–water partition coefficient (Wildman–Crippen LogP) is 4.31. The molecule has 1 heterocycles. The fourth-order valence-electron chi connectivity index (χ4n) is 3.19. The number of allylic oxidation sites excluding steroid dienone is 1. The Labute approximate surface area is 157 Å². The van der Waals surface area contributed by atoms with E-state index in [9.17, 15) is 14.0 Å². The summed E-state index contributed by atoms with van der Waals surface area (Å²) in [6.07, 6.45) is 3.19. The molecule has 27 heavy (non-hydrogen) atoms. The molecule has 1 aromatic heterocycles. The third kappa shape index (κ3) is 3.72. The first-order valence-corrected chi connectivity index (χ1v) is 8.82. The monoisotopic (exact) mass is 364 g/mol. The van der Waals surface area contributed by atoms with Crippen molar-refractivity contribution in [2.45, 2.75) is 34.1 Å². The van der Waals surface area contributed by atoms with E-state index >= 15 is 0 Å². The van der Waals surface area contributed by atoms with Crippen molar-refractivity contribution in [3.63, 3.8) is 0 Å². The number of carbonyl (C=O) groups is 1. The number of rotatable bonds is 4. The van der Waals surface area contributed by atoms with Crippen molar-refractivity contribution in [2.24, 2.45) is 0 Å². The van der Waals surface area contributed by atoms with Gasteiger partial charge >= 0.3 is 0 Å². The van der Waals surface area contributed by atoms with E-state index in [2.05, 4.69) is 4.98 Å². The van der Waals surface area contributed by atoms with Crippen LogP contribution in [0.5, 0.6) is 0 Å². The number of hydrogen-bond acceptors (Lipinski definition) is 3. The SMILES string of the molecule is CCc1nc2cc(F)c(/C=C/C(C)=O)cc2c(=O)n1-c1cc(C)cc(C)c1. The lowest BCUT2D eigenvalue weighted by Crippen LogP contribution is -2.24. The average molecular weight is 364 g/mol. The van der Waals surface area contributed by atoms with E-state index in [4.69, 9.17) is 0 Å². The Morgan fingerprint density at radius 3 is 2.41 bits per heavy atom. The van der Waals surface area contributed by atoms with Crippen LogP contribution in [-0.4, -0.2) is 15.3 Å². The lowest BCUT2D eigenvalue weighted by atomic mass is 10.1. The van der Waals surface area contributed by atoms with Crippen molar-refractivity contribution in [3.8, 4) is 5.69 Å². The summed E-state index contributed by atoms with van der Waals surface area (Å²) in [5.74, 6) is -0.136. The summed E-state index contributed by atoms with van der Waals surface area (Å²) in [6, 6.07) is 8.61. The molecule has 3 rings (SSSR count). The minimum absolute atomic E-state index is 0.188. The third-order valence-electron chi connectivity index (χ3n) is 4.33. The Bertz CT molecular complexity index is 1120. The maximum absolute atomic E-state index is 14.4. The number of carbonyl (C=O) groups excluding carboxylic acids is 1. The lowest BCUT2D eigenvalue weighted by Gasteiger charge is -2.14. The molecule has 0 spiro atoms. The molecular weight excluding hydrogens is 343 g/mol. The van der Waals surface area contributed by atoms with Crippen LogP contribution in [0.2, 0.25) is 0 Å². The number of aromatic nitrogens is 2. The van der Waals surface area contributed by atoms with Crippen molar-refractivity contribution in [1.82, 2.24) is 9.55 Å². The van der Waals surface area contributed by atoms with Crippen LogP contribution in [0.15, 0.2) is 41.2 Å². The Hall–Kier alpha value is -3.08. The summed E-state index contributed by atoms with van der Waals surface area (Å²) in [7, 11) is 0. The molecule has 2 aromatic carbocycles. The van der Waals surface area contributed by atoms with Crippen LogP contribution in [0.3, 0.4) is 0 Å². The molecule has 0 radical (unpaired) electrons. The van der Waals surface area contributed by atoms with Gasteiger partial charge in [-0.05, 0) is 62.2 Å². The fraction of sp³-hybridized carbons (Fsp3) is 0.227. The van der Waals surface area contributed by atoms with Crippen molar-refractivity contribution in [1.29, 1.82) is 0 Å². The van der Waals surface area contributed by atoms with Gasteiger partial charge in [-0.1, -0.05) is 13.0 Å². The van der Waals surface area contributed by atoms with Gasteiger partial charge in [0.15, 0.2) is 5.78 Å². The number of hydrogen-bond donors (Lipinski definition) is 0. The summed E-state index contributed by atoms with van der Waals surface area (Å²) in [5, 5.41) is 0.316. The molecule has 0 bridgehead atoms. The van der Waals surface area contributed by atoms with Crippen molar-refractivity contribution >= 4 is 22.8 Å². The number of fused-ring (bicyclic) bond motifs is 1. The van der Waals surface area contributed by atoms with Crippen LogP contribution in [-0.2, 0) is 11.2 Å². The molecule has 0 amide bonds. The number of benzene rings is 2. The Morgan fingerprint density at radius 1 is 1.15 bits per heavy atom. The Morgan fingerprint density at radius 2 is 1.81 bits per heavy atom. The van der Waals surface area contributed by atoms with Crippen LogP contribution in [0.1, 0.15) is 36.4 Å². The topological polar surface area (TPSA) is 52.0 Å². The number of aryl methyl sites for hydroxylation is 3. The van der Waals surface area contributed by atoms with E-state index in [0.717, 1.165) is 16.8 Å². The zero-order valence-electron chi connectivity index (χ0n) is 15.8. The van der Waals surface area contributed by atoms with Crippen LogP contribution >= 0.6 is 0 Å². The van der Waals surface area contributed by atoms with E-state index in [1.165, 1.54) is 31.2 Å². The van der Waals surface area contributed by atoms with Crippen molar-refractivity contribution in [3.05, 3.63) is 75.1 Å². The number of halogens is 1. The molecular formula is C22H21FN2O2. The highest BCUT2D eigenvalue weighted by atomic mass is 19.1. The maximum Gasteiger partial charge on any atom is 0.265 e. The quantitative estimate of drug-likeness (QED) is 0.649. The van der Waals surface area contributed by atoms with Crippen LogP contribution < -0.4 is 5.56 Å². The number of ketones is 1. The Kier molecular flexibility index (Phi) is 5.04. The summed E-state index contributed by atoms with van der Waals surface area (Å²) in [5.41, 5.74) is 3.09. The van der Waals surface area contributed by atoms with E-state index in [-0.39, 0.29) is 16.9 Å².